The van der Waals surface area contributed by atoms with Gasteiger partial charge in [0.1, 0.15) is 6.10 Å². The van der Waals surface area contributed by atoms with Gasteiger partial charge in [0.2, 0.25) is 0 Å². The molecule has 0 bridgehead atoms. The highest BCUT2D eigenvalue weighted by molar-refractivity contribution is 5.40. The van der Waals surface area contributed by atoms with Gasteiger partial charge in [-0.3, -0.25) is 0 Å². The Hall–Kier alpha value is -1.41. The molecule has 86 valence electrons. The molecule has 4 nitrogen and oxygen atoms in total. The van der Waals surface area contributed by atoms with Crippen molar-refractivity contribution < 1.29 is 10.2 Å². The van der Waals surface area contributed by atoms with E-state index in [4.69, 9.17) is 5.26 Å². The fourth-order valence-corrected chi connectivity index (χ4v) is 1.49. The highest BCUT2D eigenvalue weighted by atomic mass is 16.3. The first-order valence-electron chi connectivity index (χ1n) is 5.11. The summed E-state index contributed by atoms with van der Waals surface area (Å²) in [6.07, 6.45) is -1.85. The molecule has 1 rings (SSSR count). The standard InChI is InChI=1S/C12H16N2O2/c1-8-3-4-9(5-10(8)6-13)12(16)11(15)7-14-2/h3-5,11-12,14-16H,7H2,1-2H3. The van der Waals surface area contributed by atoms with E-state index in [0.717, 1.165) is 5.56 Å². The summed E-state index contributed by atoms with van der Waals surface area (Å²) in [4.78, 5) is 0. The Morgan fingerprint density at radius 2 is 2.12 bits per heavy atom. The van der Waals surface area contributed by atoms with E-state index < -0.39 is 12.2 Å². The molecule has 4 heteroatoms. The Morgan fingerprint density at radius 3 is 2.69 bits per heavy atom. The molecule has 0 aliphatic rings. The number of aryl methyl sites for hydroxylation is 1. The Morgan fingerprint density at radius 1 is 1.44 bits per heavy atom. The number of nitrogens with zero attached hydrogens (tertiary/aromatic N) is 1. The van der Waals surface area contributed by atoms with Crippen LogP contribution in [0.25, 0.3) is 0 Å². The van der Waals surface area contributed by atoms with Crippen LogP contribution in [-0.4, -0.2) is 29.9 Å². The molecule has 0 aliphatic heterocycles. The van der Waals surface area contributed by atoms with Crippen LogP contribution in [0.4, 0.5) is 0 Å². The van der Waals surface area contributed by atoms with E-state index in [1.54, 1.807) is 25.2 Å². The van der Waals surface area contributed by atoms with Crippen LogP contribution in [0.1, 0.15) is 22.8 Å². The van der Waals surface area contributed by atoms with Crippen molar-refractivity contribution in [2.45, 2.75) is 19.1 Å². The Balaban J connectivity index is 2.92. The summed E-state index contributed by atoms with van der Waals surface area (Å²) < 4.78 is 0. The van der Waals surface area contributed by atoms with E-state index in [-0.39, 0.29) is 0 Å². The summed E-state index contributed by atoms with van der Waals surface area (Å²) in [6, 6.07) is 7.15. The summed E-state index contributed by atoms with van der Waals surface area (Å²) in [6.45, 7) is 2.13. The van der Waals surface area contributed by atoms with Crippen molar-refractivity contribution in [3.63, 3.8) is 0 Å². The van der Waals surface area contributed by atoms with Gasteiger partial charge in [-0.25, -0.2) is 0 Å². The monoisotopic (exact) mass is 220 g/mol. The molecule has 0 radical (unpaired) electrons. The van der Waals surface area contributed by atoms with Crippen molar-refractivity contribution in [1.29, 1.82) is 5.26 Å². The zero-order chi connectivity index (χ0) is 12.1. The van der Waals surface area contributed by atoms with Gasteiger partial charge in [0.25, 0.3) is 0 Å². The van der Waals surface area contributed by atoms with Gasteiger partial charge in [-0.15, -0.1) is 0 Å². The van der Waals surface area contributed by atoms with Crippen LogP contribution in [0.5, 0.6) is 0 Å². The average Bonchev–Trinajstić information content (AvgIpc) is 2.29. The molecule has 0 aromatic heterocycles. The molecule has 0 aliphatic carbocycles. The quantitative estimate of drug-likeness (QED) is 0.690. The third kappa shape index (κ3) is 2.80. The predicted octanol–water partition coefficient (Wildman–Crippen LogP) is 0.480. The lowest BCUT2D eigenvalue weighted by molar-refractivity contribution is 0.0202. The fraction of sp³-hybridized carbons (Fsp3) is 0.417. The first-order chi connectivity index (χ1) is 7.60. The number of hydrogen-bond acceptors (Lipinski definition) is 4. The van der Waals surface area contributed by atoms with Crippen molar-refractivity contribution >= 4 is 0 Å². The van der Waals surface area contributed by atoms with Crippen LogP contribution in [-0.2, 0) is 0 Å². The summed E-state index contributed by atoms with van der Waals surface area (Å²) in [5.74, 6) is 0. The first-order valence-corrected chi connectivity index (χ1v) is 5.11. The Labute approximate surface area is 95.2 Å². The normalized spacial score (nSPS) is 14.2. The number of likely N-dealkylation sites (N-methyl/N-ethyl adjacent to an activating group) is 1. The highest BCUT2D eigenvalue weighted by Crippen LogP contribution is 2.19. The molecule has 2 atom stereocenters. The Bertz CT molecular complexity index is 398. The second-order valence-corrected chi connectivity index (χ2v) is 3.76. The maximum atomic E-state index is 9.83. The molecule has 2 unspecified atom stereocenters. The molecule has 0 saturated heterocycles. The molecule has 0 fully saturated rings. The van der Waals surface area contributed by atoms with Gasteiger partial charge < -0.3 is 15.5 Å². The summed E-state index contributed by atoms with van der Waals surface area (Å²) in [5, 5.41) is 31.1. The minimum absolute atomic E-state index is 0.303. The van der Waals surface area contributed by atoms with Crippen molar-refractivity contribution in [3.8, 4) is 6.07 Å². The molecule has 3 N–H and O–H groups in total. The molecule has 0 heterocycles. The zero-order valence-corrected chi connectivity index (χ0v) is 9.44. The lowest BCUT2D eigenvalue weighted by atomic mass is 9.99. The number of nitriles is 1. The molecular weight excluding hydrogens is 204 g/mol. The predicted molar refractivity (Wildman–Crippen MR) is 60.8 cm³/mol. The minimum Gasteiger partial charge on any atom is -0.389 e. The third-order valence-electron chi connectivity index (χ3n) is 2.50. The van der Waals surface area contributed by atoms with Gasteiger partial charge in [0.05, 0.1) is 17.7 Å². The van der Waals surface area contributed by atoms with Gasteiger partial charge in [0.15, 0.2) is 0 Å². The zero-order valence-electron chi connectivity index (χ0n) is 9.44. The lowest BCUT2D eigenvalue weighted by Gasteiger charge is -2.18. The van der Waals surface area contributed by atoms with Gasteiger partial charge in [-0.1, -0.05) is 12.1 Å². The first kappa shape index (κ1) is 12.7. The Kier molecular flexibility index (Phi) is 4.44. The lowest BCUT2D eigenvalue weighted by Crippen LogP contribution is -2.29. The van der Waals surface area contributed by atoms with E-state index in [1.807, 2.05) is 6.92 Å². The number of rotatable bonds is 4. The smallest absolute Gasteiger partial charge is 0.106 e. The van der Waals surface area contributed by atoms with Gasteiger partial charge in [0, 0.05) is 6.54 Å². The van der Waals surface area contributed by atoms with Crippen LogP contribution in [0.3, 0.4) is 0 Å². The van der Waals surface area contributed by atoms with Gasteiger partial charge in [-0.05, 0) is 31.2 Å². The van der Waals surface area contributed by atoms with Crippen molar-refractivity contribution in [1.82, 2.24) is 5.32 Å². The van der Waals surface area contributed by atoms with Crippen molar-refractivity contribution in [3.05, 3.63) is 34.9 Å². The van der Waals surface area contributed by atoms with Gasteiger partial charge in [-0.2, -0.15) is 5.26 Å². The highest BCUT2D eigenvalue weighted by Gasteiger charge is 2.18. The second-order valence-electron chi connectivity index (χ2n) is 3.76. The number of nitrogens with one attached hydrogen (secondary N) is 1. The summed E-state index contributed by atoms with van der Waals surface area (Å²) >= 11 is 0. The summed E-state index contributed by atoms with van der Waals surface area (Å²) in [7, 11) is 1.70. The maximum absolute atomic E-state index is 9.83. The molecular formula is C12H16N2O2. The van der Waals surface area contributed by atoms with Crippen LogP contribution in [0.2, 0.25) is 0 Å². The average molecular weight is 220 g/mol. The molecule has 0 saturated carbocycles. The van der Waals surface area contributed by atoms with E-state index in [2.05, 4.69) is 11.4 Å². The topological polar surface area (TPSA) is 76.3 Å². The number of benzene rings is 1. The molecule has 16 heavy (non-hydrogen) atoms. The number of aliphatic hydroxyl groups is 2. The van der Waals surface area contributed by atoms with Crippen LogP contribution in [0.15, 0.2) is 18.2 Å². The van der Waals surface area contributed by atoms with E-state index >= 15 is 0 Å². The SMILES string of the molecule is CNCC(O)C(O)c1ccc(C)c(C#N)c1. The van der Waals surface area contributed by atoms with E-state index in [1.165, 1.54) is 0 Å². The third-order valence-corrected chi connectivity index (χ3v) is 2.50. The molecule has 0 amide bonds. The van der Waals surface area contributed by atoms with E-state index in [0.29, 0.717) is 17.7 Å². The molecule has 0 spiro atoms. The van der Waals surface area contributed by atoms with Crippen LogP contribution < -0.4 is 5.32 Å². The van der Waals surface area contributed by atoms with Crippen molar-refractivity contribution in [2.75, 3.05) is 13.6 Å². The number of hydrogen-bond donors (Lipinski definition) is 3. The molecule has 1 aromatic carbocycles. The maximum Gasteiger partial charge on any atom is 0.106 e. The second kappa shape index (κ2) is 5.61. The van der Waals surface area contributed by atoms with Crippen molar-refractivity contribution in [2.24, 2.45) is 0 Å². The van der Waals surface area contributed by atoms with Crippen LogP contribution in [0, 0.1) is 18.3 Å². The largest absolute Gasteiger partial charge is 0.389 e. The number of aliphatic hydroxyl groups excluding tert-OH is 2. The summed E-state index contributed by atoms with van der Waals surface area (Å²) in [5.41, 5.74) is 1.94. The minimum atomic E-state index is -0.972. The van der Waals surface area contributed by atoms with Crippen LogP contribution >= 0.6 is 0 Å². The van der Waals surface area contributed by atoms with Gasteiger partial charge >= 0.3 is 0 Å². The fourth-order valence-electron chi connectivity index (χ4n) is 1.49. The van der Waals surface area contributed by atoms with E-state index in [9.17, 15) is 10.2 Å². The molecule has 1 aromatic rings.